The van der Waals surface area contributed by atoms with Crippen molar-refractivity contribution in [3.05, 3.63) is 37.2 Å². The molecule has 0 unspecified atom stereocenters. The highest BCUT2D eigenvalue weighted by Crippen LogP contribution is 2.36. The SMILES string of the molecule is O=Nc1c(Cl)cc([N+](=O)[O-])cc1Cl. The molecule has 13 heavy (non-hydrogen) atoms. The van der Waals surface area contributed by atoms with Gasteiger partial charge in [-0.3, -0.25) is 10.1 Å². The highest BCUT2D eigenvalue weighted by atomic mass is 35.5. The summed E-state index contributed by atoms with van der Waals surface area (Å²) in [5.41, 5.74) is -0.462. The summed E-state index contributed by atoms with van der Waals surface area (Å²) in [5.74, 6) is 0. The van der Waals surface area contributed by atoms with Crippen molar-refractivity contribution in [1.82, 2.24) is 0 Å². The third-order valence-corrected chi connectivity index (χ3v) is 1.88. The maximum absolute atomic E-state index is 10.3. The summed E-state index contributed by atoms with van der Waals surface area (Å²) in [6.45, 7) is 0. The summed E-state index contributed by atoms with van der Waals surface area (Å²) < 4.78 is 0. The first kappa shape index (κ1) is 9.88. The smallest absolute Gasteiger partial charge is 0.258 e. The van der Waals surface area contributed by atoms with Gasteiger partial charge < -0.3 is 0 Å². The van der Waals surface area contributed by atoms with Gasteiger partial charge in [0.2, 0.25) is 0 Å². The molecule has 0 atom stereocenters. The standard InChI is InChI=1S/C6H2Cl2N2O3/c7-4-1-3(10(12)13)2-5(8)6(4)9-11/h1-2H. The van der Waals surface area contributed by atoms with Crippen molar-refractivity contribution in [3.63, 3.8) is 0 Å². The lowest BCUT2D eigenvalue weighted by atomic mass is 10.3. The summed E-state index contributed by atoms with van der Waals surface area (Å²) in [6, 6.07) is 2.04. The molecule has 0 fully saturated rings. The van der Waals surface area contributed by atoms with E-state index in [4.69, 9.17) is 23.2 Å². The van der Waals surface area contributed by atoms with Gasteiger partial charge in [-0.25, -0.2) is 0 Å². The highest BCUT2D eigenvalue weighted by Gasteiger charge is 2.14. The van der Waals surface area contributed by atoms with E-state index in [-0.39, 0.29) is 21.4 Å². The number of nitro groups is 1. The Balaban J connectivity index is 3.36. The van der Waals surface area contributed by atoms with Crippen LogP contribution in [0.25, 0.3) is 0 Å². The summed E-state index contributed by atoms with van der Waals surface area (Å²) in [5, 5.41) is 12.6. The van der Waals surface area contributed by atoms with Crippen LogP contribution in [0.15, 0.2) is 17.3 Å². The fourth-order valence-corrected chi connectivity index (χ4v) is 1.29. The second kappa shape index (κ2) is 3.68. The van der Waals surface area contributed by atoms with E-state index in [0.717, 1.165) is 12.1 Å². The van der Waals surface area contributed by atoms with Crippen LogP contribution in [0.3, 0.4) is 0 Å². The van der Waals surface area contributed by atoms with Crippen molar-refractivity contribution in [2.24, 2.45) is 5.18 Å². The molecule has 5 nitrogen and oxygen atoms in total. The molecule has 0 aliphatic rings. The average molecular weight is 221 g/mol. The maximum Gasteiger partial charge on any atom is 0.272 e. The first-order chi connectivity index (χ1) is 6.06. The Morgan fingerprint density at radius 1 is 1.31 bits per heavy atom. The lowest BCUT2D eigenvalue weighted by Crippen LogP contribution is -1.87. The first-order valence-corrected chi connectivity index (χ1v) is 3.78. The van der Waals surface area contributed by atoms with Gasteiger partial charge in [-0.15, -0.1) is 4.91 Å². The molecule has 0 amide bonds. The lowest BCUT2D eigenvalue weighted by molar-refractivity contribution is -0.384. The maximum atomic E-state index is 10.3. The van der Waals surface area contributed by atoms with Gasteiger partial charge in [0, 0.05) is 12.1 Å². The number of halogens is 2. The largest absolute Gasteiger partial charge is 0.272 e. The zero-order chi connectivity index (χ0) is 10.0. The minimum Gasteiger partial charge on any atom is -0.258 e. The number of nitrogens with zero attached hydrogens (tertiary/aromatic N) is 2. The Morgan fingerprint density at radius 2 is 1.77 bits per heavy atom. The molecular formula is C6H2Cl2N2O3. The van der Waals surface area contributed by atoms with Gasteiger partial charge in [0.15, 0.2) is 0 Å². The van der Waals surface area contributed by atoms with E-state index in [9.17, 15) is 15.0 Å². The van der Waals surface area contributed by atoms with Gasteiger partial charge in [-0.2, -0.15) is 0 Å². The first-order valence-electron chi connectivity index (χ1n) is 3.03. The number of hydrogen-bond donors (Lipinski definition) is 0. The van der Waals surface area contributed by atoms with Gasteiger partial charge in [-0.1, -0.05) is 23.2 Å². The fourth-order valence-electron chi connectivity index (χ4n) is 0.745. The second-order valence-corrected chi connectivity index (χ2v) is 2.92. The second-order valence-electron chi connectivity index (χ2n) is 2.11. The topological polar surface area (TPSA) is 72.6 Å². The predicted octanol–water partition coefficient (Wildman–Crippen LogP) is 3.30. The minimum absolute atomic E-state index is 0.130. The molecule has 0 spiro atoms. The Hall–Kier alpha value is -1.20. The van der Waals surface area contributed by atoms with Gasteiger partial charge in [0.1, 0.15) is 5.69 Å². The van der Waals surface area contributed by atoms with Crippen LogP contribution in [0.1, 0.15) is 0 Å². The van der Waals surface area contributed by atoms with Crippen molar-refractivity contribution >= 4 is 34.6 Å². The lowest BCUT2D eigenvalue weighted by Gasteiger charge is -1.97. The van der Waals surface area contributed by atoms with Crippen LogP contribution in [0.5, 0.6) is 0 Å². The van der Waals surface area contributed by atoms with Crippen molar-refractivity contribution in [2.75, 3.05) is 0 Å². The molecule has 0 saturated heterocycles. The Labute approximate surface area is 82.4 Å². The molecule has 0 heterocycles. The normalized spacial score (nSPS) is 9.69. The van der Waals surface area contributed by atoms with Gasteiger partial charge >= 0.3 is 0 Å². The monoisotopic (exact) mass is 220 g/mol. The number of non-ortho nitro benzene ring substituents is 1. The fraction of sp³-hybridized carbons (Fsp3) is 0. The van der Waals surface area contributed by atoms with Crippen LogP contribution in [0.4, 0.5) is 11.4 Å². The van der Waals surface area contributed by atoms with Gasteiger partial charge in [0.25, 0.3) is 5.69 Å². The van der Waals surface area contributed by atoms with Crippen LogP contribution in [-0.2, 0) is 0 Å². The minimum atomic E-state index is -0.660. The van der Waals surface area contributed by atoms with Crippen molar-refractivity contribution in [1.29, 1.82) is 0 Å². The third kappa shape index (κ3) is 1.93. The van der Waals surface area contributed by atoms with Crippen molar-refractivity contribution < 1.29 is 4.92 Å². The Bertz CT molecular complexity index is 357. The van der Waals surface area contributed by atoms with Gasteiger partial charge in [-0.05, 0) is 5.18 Å². The molecule has 7 heteroatoms. The molecule has 0 bridgehead atoms. The van der Waals surface area contributed by atoms with E-state index in [1.165, 1.54) is 0 Å². The molecule has 1 aromatic carbocycles. The van der Waals surface area contributed by atoms with Crippen molar-refractivity contribution in [2.45, 2.75) is 0 Å². The van der Waals surface area contributed by atoms with Crippen LogP contribution >= 0.6 is 23.2 Å². The molecule has 0 aliphatic carbocycles. The van der Waals surface area contributed by atoms with E-state index in [1.807, 2.05) is 0 Å². The quantitative estimate of drug-likeness (QED) is 0.436. The molecule has 0 aromatic heterocycles. The van der Waals surface area contributed by atoms with Crippen LogP contribution in [0, 0.1) is 15.0 Å². The number of benzene rings is 1. The zero-order valence-electron chi connectivity index (χ0n) is 6.03. The van der Waals surface area contributed by atoms with Gasteiger partial charge in [0.05, 0.1) is 15.0 Å². The number of hydrogen-bond acceptors (Lipinski definition) is 4. The number of rotatable bonds is 2. The highest BCUT2D eigenvalue weighted by molar-refractivity contribution is 6.39. The molecule has 1 aromatic rings. The summed E-state index contributed by atoms with van der Waals surface area (Å²) in [4.78, 5) is 19.8. The van der Waals surface area contributed by atoms with Crippen LogP contribution in [0.2, 0.25) is 10.0 Å². The molecule has 68 valence electrons. The summed E-state index contributed by atoms with van der Waals surface area (Å²) in [7, 11) is 0. The summed E-state index contributed by atoms with van der Waals surface area (Å²) in [6.07, 6.45) is 0. The molecule has 0 saturated carbocycles. The van der Waals surface area contributed by atoms with Crippen LogP contribution in [-0.4, -0.2) is 4.92 Å². The Morgan fingerprint density at radius 3 is 2.08 bits per heavy atom. The predicted molar refractivity (Wildman–Crippen MR) is 48.6 cm³/mol. The Kier molecular flexibility index (Phi) is 2.79. The molecule has 0 N–H and O–H groups in total. The van der Waals surface area contributed by atoms with E-state index in [0.29, 0.717) is 0 Å². The van der Waals surface area contributed by atoms with E-state index >= 15 is 0 Å². The molecule has 1 rings (SSSR count). The number of nitroso groups, excluding NO2 is 1. The summed E-state index contributed by atoms with van der Waals surface area (Å²) >= 11 is 11.0. The van der Waals surface area contributed by atoms with E-state index in [2.05, 4.69) is 5.18 Å². The zero-order valence-corrected chi connectivity index (χ0v) is 7.54. The molecule has 0 radical (unpaired) electrons. The average Bonchev–Trinajstić information content (AvgIpc) is 2.03. The van der Waals surface area contributed by atoms with Crippen molar-refractivity contribution in [3.8, 4) is 0 Å². The van der Waals surface area contributed by atoms with Crippen LogP contribution < -0.4 is 0 Å². The van der Waals surface area contributed by atoms with E-state index in [1.54, 1.807) is 0 Å². The number of nitro benzene ring substituents is 1. The third-order valence-electron chi connectivity index (χ3n) is 1.30. The molecule has 0 aliphatic heterocycles. The van der Waals surface area contributed by atoms with E-state index < -0.39 is 4.92 Å². The molecular weight excluding hydrogens is 219 g/mol.